The Morgan fingerprint density at radius 1 is 1.70 bits per heavy atom. The molecule has 0 bridgehead atoms. The number of nitrogens with zero attached hydrogens (tertiary/aromatic N) is 1. The molecule has 0 unspecified atom stereocenters. The first kappa shape index (κ1) is 6.92. The van der Waals surface area contributed by atoms with Gasteiger partial charge in [-0.25, -0.2) is 4.39 Å². The van der Waals surface area contributed by atoms with E-state index in [2.05, 4.69) is 0 Å². The number of nitro groups is 1. The lowest BCUT2D eigenvalue weighted by molar-refractivity contribution is -0.428. The topological polar surface area (TPSA) is 43.1 Å². The summed E-state index contributed by atoms with van der Waals surface area (Å²) in [6.45, 7) is 0. The molecule has 1 rings (SSSR count). The minimum atomic E-state index is -0.549. The normalized spacial score (nSPS) is 17.7. The van der Waals surface area contributed by atoms with Crippen LogP contribution in [0.15, 0.2) is 23.7 Å². The molecule has 0 aromatic rings. The van der Waals surface area contributed by atoms with E-state index >= 15 is 0 Å². The van der Waals surface area contributed by atoms with Crippen LogP contribution in [0.2, 0.25) is 0 Å². The Balaban J connectivity index is 2.78. The summed E-state index contributed by atoms with van der Waals surface area (Å²) in [5.41, 5.74) is -0.0417. The molecule has 3 nitrogen and oxygen atoms in total. The van der Waals surface area contributed by atoms with Crippen molar-refractivity contribution in [2.24, 2.45) is 0 Å². The largest absolute Gasteiger partial charge is 0.259 e. The zero-order valence-corrected chi connectivity index (χ0v) is 5.21. The Hall–Kier alpha value is -1.19. The second kappa shape index (κ2) is 2.60. The maximum Gasteiger partial charge on any atom is 0.249 e. The van der Waals surface area contributed by atoms with Gasteiger partial charge in [0.25, 0.3) is 0 Å². The number of halogens is 1. The van der Waals surface area contributed by atoms with Gasteiger partial charge in [0.1, 0.15) is 5.83 Å². The lowest BCUT2D eigenvalue weighted by Gasteiger charge is -1.99. The molecular formula is C6H6FNO2. The van der Waals surface area contributed by atoms with Crippen molar-refractivity contribution >= 4 is 0 Å². The van der Waals surface area contributed by atoms with Gasteiger partial charge in [-0.3, -0.25) is 10.1 Å². The minimum Gasteiger partial charge on any atom is -0.259 e. The summed E-state index contributed by atoms with van der Waals surface area (Å²) in [5, 5.41) is 10.0. The second-order valence-corrected chi connectivity index (χ2v) is 2.02. The smallest absolute Gasteiger partial charge is 0.249 e. The summed E-state index contributed by atoms with van der Waals surface area (Å²) in [6, 6.07) is 0. The molecule has 0 aromatic heterocycles. The van der Waals surface area contributed by atoms with E-state index in [1.807, 2.05) is 0 Å². The Bertz CT molecular complexity index is 220. The molecule has 0 aromatic carbocycles. The van der Waals surface area contributed by atoms with Gasteiger partial charge in [-0.15, -0.1) is 0 Å². The standard InChI is InChI=1S/C6H6FNO2/c7-5-2-1-3-6(4-5)8(9)10/h2,4H,1,3H2. The summed E-state index contributed by atoms with van der Waals surface area (Å²) < 4.78 is 12.3. The van der Waals surface area contributed by atoms with Crippen molar-refractivity contribution in [3.8, 4) is 0 Å². The number of hydrogen-bond donors (Lipinski definition) is 0. The first-order chi connectivity index (χ1) is 4.70. The van der Waals surface area contributed by atoms with Crippen molar-refractivity contribution in [2.45, 2.75) is 12.8 Å². The van der Waals surface area contributed by atoms with E-state index in [0.717, 1.165) is 6.08 Å². The van der Waals surface area contributed by atoms with E-state index in [9.17, 15) is 14.5 Å². The van der Waals surface area contributed by atoms with E-state index in [-0.39, 0.29) is 5.70 Å². The van der Waals surface area contributed by atoms with Crippen LogP contribution in [0, 0.1) is 10.1 Å². The molecule has 4 heteroatoms. The average Bonchev–Trinajstić information content (AvgIpc) is 1.88. The average molecular weight is 143 g/mol. The molecule has 0 saturated carbocycles. The van der Waals surface area contributed by atoms with Gasteiger partial charge in [0.15, 0.2) is 0 Å². The summed E-state index contributed by atoms with van der Waals surface area (Å²) in [5.74, 6) is -0.502. The lowest BCUT2D eigenvalue weighted by Crippen LogP contribution is -2.00. The van der Waals surface area contributed by atoms with E-state index in [4.69, 9.17) is 0 Å². The summed E-state index contributed by atoms with van der Waals surface area (Å²) in [4.78, 5) is 9.49. The van der Waals surface area contributed by atoms with Crippen LogP contribution in [-0.2, 0) is 0 Å². The Morgan fingerprint density at radius 2 is 2.40 bits per heavy atom. The quantitative estimate of drug-likeness (QED) is 0.415. The van der Waals surface area contributed by atoms with Crippen molar-refractivity contribution in [2.75, 3.05) is 0 Å². The fraction of sp³-hybridized carbons (Fsp3) is 0.333. The van der Waals surface area contributed by atoms with Crippen molar-refractivity contribution in [3.05, 3.63) is 33.8 Å². The maximum atomic E-state index is 12.3. The van der Waals surface area contributed by atoms with Gasteiger partial charge in [-0.2, -0.15) is 0 Å². The highest BCUT2D eigenvalue weighted by Gasteiger charge is 2.14. The van der Waals surface area contributed by atoms with E-state index in [1.54, 1.807) is 0 Å². The molecule has 0 heterocycles. The Labute approximate surface area is 57.0 Å². The van der Waals surface area contributed by atoms with E-state index in [0.29, 0.717) is 12.8 Å². The summed E-state index contributed by atoms with van der Waals surface area (Å²) in [6.07, 6.45) is 3.07. The van der Waals surface area contributed by atoms with Crippen LogP contribution < -0.4 is 0 Å². The van der Waals surface area contributed by atoms with Gasteiger partial charge < -0.3 is 0 Å². The van der Waals surface area contributed by atoms with Crippen LogP contribution in [0.25, 0.3) is 0 Å². The number of hydrogen-bond acceptors (Lipinski definition) is 2. The Morgan fingerprint density at radius 3 is 2.80 bits per heavy atom. The molecule has 0 fully saturated rings. The molecule has 0 radical (unpaired) electrons. The Kier molecular flexibility index (Phi) is 1.80. The predicted octanol–water partition coefficient (Wildman–Crippen LogP) is 1.79. The number of allylic oxidation sites excluding steroid dienone is 4. The molecule has 1 aliphatic rings. The summed E-state index contributed by atoms with van der Waals surface area (Å²) >= 11 is 0. The molecule has 0 N–H and O–H groups in total. The third kappa shape index (κ3) is 1.40. The molecule has 1 aliphatic carbocycles. The minimum absolute atomic E-state index is 0.0417. The van der Waals surface area contributed by atoms with Crippen molar-refractivity contribution in [3.63, 3.8) is 0 Å². The molecule has 0 aliphatic heterocycles. The van der Waals surface area contributed by atoms with Gasteiger partial charge in [0.05, 0.1) is 4.92 Å². The summed E-state index contributed by atoms with van der Waals surface area (Å²) in [7, 11) is 0. The molecular weight excluding hydrogens is 137 g/mol. The fourth-order valence-electron chi connectivity index (χ4n) is 0.792. The molecule has 0 atom stereocenters. The van der Waals surface area contributed by atoms with Gasteiger partial charge in [0, 0.05) is 12.5 Å². The van der Waals surface area contributed by atoms with Crippen LogP contribution in [0.3, 0.4) is 0 Å². The molecule has 10 heavy (non-hydrogen) atoms. The monoisotopic (exact) mass is 143 g/mol. The molecule has 0 amide bonds. The van der Waals surface area contributed by atoms with Crippen molar-refractivity contribution < 1.29 is 9.31 Å². The van der Waals surface area contributed by atoms with Crippen LogP contribution in [0.1, 0.15) is 12.8 Å². The first-order valence-electron chi connectivity index (χ1n) is 2.91. The van der Waals surface area contributed by atoms with Gasteiger partial charge >= 0.3 is 0 Å². The zero-order valence-electron chi connectivity index (χ0n) is 5.21. The highest BCUT2D eigenvalue weighted by Crippen LogP contribution is 2.17. The fourth-order valence-corrected chi connectivity index (χ4v) is 0.792. The van der Waals surface area contributed by atoms with E-state index < -0.39 is 10.8 Å². The van der Waals surface area contributed by atoms with Crippen LogP contribution >= 0.6 is 0 Å². The zero-order chi connectivity index (χ0) is 7.56. The van der Waals surface area contributed by atoms with Crippen LogP contribution in [0.4, 0.5) is 4.39 Å². The van der Waals surface area contributed by atoms with Crippen LogP contribution in [0.5, 0.6) is 0 Å². The third-order valence-electron chi connectivity index (χ3n) is 1.28. The van der Waals surface area contributed by atoms with Crippen LogP contribution in [-0.4, -0.2) is 4.92 Å². The van der Waals surface area contributed by atoms with E-state index in [1.165, 1.54) is 6.08 Å². The van der Waals surface area contributed by atoms with Crippen molar-refractivity contribution in [1.82, 2.24) is 0 Å². The number of rotatable bonds is 1. The molecule has 0 spiro atoms. The highest BCUT2D eigenvalue weighted by molar-refractivity contribution is 5.18. The van der Waals surface area contributed by atoms with Crippen molar-refractivity contribution in [1.29, 1.82) is 0 Å². The SMILES string of the molecule is O=[N+]([O-])C1=CC(F)=CCC1. The molecule has 0 saturated heterocycles. The second-order valence-electron chi connectivity index (χ2n) is 2.02. The van der Waals surface area contributed by atoms with Gasteiger partial charge in [0.2, 0.25) is 5.70 Å². The maximum absolute atomic E-state index is 12.3. The van der Waals surface area contributed by atoms with Gasteiger partial charge in [-0.05, 0) is 12.5 Å². The third-order valence-corrected chi connectivity index (χ3v) is 1.28. The lowest BCUT2D eigenvalue weighted by atomic mass is 10.1. The highest BCUT2D eigenvalue weighted by atomic mass is 19.1. The van der Waals surface area contributed by atoms with Gasteiger partial charge in [-0.1, -0.05) is 0 Å². The first-order valence-corrected chi connectivity index (χ1v) is 2.91. The predicted molar refractivity (Wildman–Crippen MR) is 33.5 cm³/mol. The molecule has 54 valence electrons.